The first-order valence-electron chi connectivity index (χ1n) is 7.12. The highest BCUT2D eigenvalue weighted by atomic mass is 32.1. The van der Waals surface area contributed by atoms with Gasteiger partial charge in [0.1, 0.15) is 11.9 Å². The van der Waals surface area contributed by atoms with E-state index in [0.717, 1.165) is 5.82 Å². The van der Waals surface area contributed by atoms with E-state index in [9.17, 15) is 4.79 Å². The number of hydrogen-bond donors (Lipinski definition) is 1. The molecular formula is C14H18N4O3S. The molecule has 2 aromatic heterocycles. The Labute approximate surface area is 132 Å². The summed E-state index contributed by atoms with van der Waals surface area (Å²) in [5, 5.41) is 8.50. The van der Waals surface area contributed by atoms with Gasteiger partial charge in [0.05, 0.1) is 32.8 Å². The van der Waals surface area contributed by atoms with Crippen molar-refractivity contribution >= 4 is 17.2 Å². The van der Waals surface area contributed by atoms with Gasteiger partial charge in [-0.3, -0.25) is 4.79 Å². The average molecular weight is 322 g/mol. The van der Waals surface area contributed by atoms with Crippen molar-refractivity contribution in [3.8, 4) is 0 Å². The van der Waals surface area contributed by atoms with Crippen LogP contribution >= 0.6 is 11.3 Å². The maximum atomic E-state index is 11.1. The first kappa shape index (κ1) is 15.1. The molecular weight excluding hydrogens is 304 g/mol. The third kappa shape index (κ3) is 3.90. The summed E-state index contributed by atoms with van der Waals surface area (Å²) in [5.41, 5.74) is 6.40. The third-order valence-electron chi connectivity index (χ3n) is 3.33. The molecule has 3 rings (SSSR count). The zero-order valence-electron chi connectivity index (χ0n) is 12.1. The number of hydrogen-bond acceptors (Lipinski definition) is 6. The minimum absolute atomic E-state index is 0.0434. The zero-order valence-corrected chi connectivity index (χ0v) is 12.9. The number of primary amides is 1. The van der Waals surface area contributed by atoms with Crippen LogP contribution in [0.25, 0.3) is 0 Å². The van der Waals surface area contributed by atoms with E-state index in [0.29, 0.717) is 38.6 Å². The predicted molar refractivity (Wildman–Crippen MR) is 80.6 cm³/mol. The highest BCUT2D eigenvalue weighted by molar-refractivity contribution is 7.07. The molecule has 0 aliphatic carbocycles. The van der Waals surface area contributed by atoms with E-state index in [2.05, 4.69) is 21.5 Å². The number of carbonyl (C=O) groups excluding carboxylic acids is 1. The van der Waals surface area contributed by atoms with Crippen LogP contribution in [0.5, 0.6) is 0 Å². The molecule has 0 radical (unpaired) electrons. The largest absolute Gasteiger partial charge is 0.376 e. The summed E-state index contributed by atoms with van der Waals surface area (Å²) in [5.74, 6) is 0.828. The second-order valence-electron chi connectivity index (χ2n) is 5.15. The Morgan fingerprint density at radius 1 is 1.50 bits per heavy atom. The maximum absolute atomic E-state index is 11.1. The SMILES string of the molecule is NC(=O)Cc1nc(Cc2ccsc2)n(CC2COCCO2)n1. The maximum Gasteiger partial charge on any atom is 0.225 e. The minimum atomic E-state index is -0.434. The van der Waals surface area contributed by atoms with Gasteiger partial charge in [-0.05, 0) is 22.4 Å². The Morgan fingerprint density at radius 3 is 3.09 bits per heavy atom. The predicted octanol–water partition coefficient (Wildman–Crippen LogP) is 0.374. The third-order valence-corrected chi connectivity index (χ3v) is 4.06. The fourth-order valence-electron chi connectivity index (χ4n) is 2.34. The monoisotopic (exact) mass is 322 g/mol. The van der Waals surface area contributed by atoms with Gasteiger partial charge in [-0.2, -0.15) is 16.4 Å². The second-order valence-corrected chi connectivity index (χ2v) is 5.93. The number of rotatable bonds is 6. The zero-order chi connectivity index (χ0) is 15.4. The van der Waals surface area contributed by atoms with Gasteiger partial charge in [0, 0.05) is 6.42 Å². The number of ether oxygens (including phenoxy) is 2. The Morgan fingerprint density at radius 2 is 2.41 bits per heavy atom. The molecule has 2 aromatic rings. The molecule has 0 bridgehead atoms. The van der Waals surface area contributed by atoms with Crippen LogP contribution in [0.15, 0.2) is 16.8 Å². The summed E-state index contributed by atoms with van der Waals surface area (Å²) in [4.78, 5) is 15.5. The Hall–Kier alpha value is -1.77. The lowest BCUT2D eigenvalue weighted by Crippen LogP contribution is -2.33. The van der Waals surface area contributed by atoms with Crippen LogP contribution in [0.2, 0.25) is 0 Å². The number of carbonyl (C=O) groups is 1. The second kappa shape index (κ2) is 6.99. The van der Waals surface area contributed by atoms with E-state index in [1.807, 2.05) is 5.38 Å². The van der Waals surface area contributed by atoms with Crippen LogP contribution in [0.1, 0.15) is 17.2 Å². The summed E-state index contributed by atoms with van der Waals surface area (Å²) in [6.45, 7) is 2.32. The molecule has 1 amide bonds. The number of nitrogens with zero attached hydrogens (tertiary/aromatic N) is 3. The van der Waals surface area contributed by atoms with E-state index in [1.54, 1.807) is 16.0 Å². The van der Waals surface area contributed by atoms with E-state index in [1.165, 1.54) is 5.56 Å². The summed E-state index contributed by atoms with van der Waals surface area (Å²) >= 11 is 1.64. The van der Waals surface area contributed by atoms with Crippen molar-refractivity contribution < 1.29 is 14.3 Å². The molecule has 1 atom stereocenters. The molecule has 1 aliphatic heterocycles. The smallest absolute Gasteiger partial charge is 0.225 e. The van der Waals surface area contributed by atoms with Crippen molar-refractivity contribution in [3.63, 3.8) is 0 Å². The van der Waals surface area contributed by atoms with Crippen molar-refractivity contribution in [1.82, 2.24) is 14.8 Å². The molecule has 1 unspecified atom stereocenters. The first-order chi connectivity index (χ1) is 10.7. The van der Waals surface area contributed by atoms with Crippen LogP contribution in [0, 0.1) is 0 Å². The van der Waals surface area contributed by atoms with E-state index in [4.69, 9.17) is 15.2 Å². The molecule has 118 valence electrons. The van der Waals surface area contributed by atoms with Gasteiger partial charge in [0.25, 0.3) is 0 Å². The van der Waals surface area contributed by atoms with Gasteiger partial charge >= 0.3 is 0 Å². The standard InChI is InChI=1S/C14H18N4O3S/c15-12(19)6-13-16-14(5-10-1-4-22-9-10)18(17-13)7-11-8-20-2-3-21-11/h1,4,9,11H,2-3,5-8H2,(H2,15,19). The van der Waals surface area contributed by atoms with E-state index >= 15 is 0 Å². The number of amides is 1. The van der Waals surface area contributed by atoms with Crippen LogP contribution in [0.4, 0.5) is 0 Å². The lowest BCUT2D eigenvalue weighted by Gasteiger charge is -2.23. The number of aromatic nitrogens is 3. The van der Waals surface area contributed by atoms with Gasteiger partial charge < -0.3 is 15.2 Å². The summed E-state index contributed by atoms with van der Waals surface area (Å²) in [6, 6.07) is 2.05. The molecule has 0 saturated carbocycles. The lowest BCUT2D eigenvalue weighted by atomic mass is 10.2. The van der Waals surface area contributed by atoms with Crippen LogP contribution in [-0.4, -0.2) is 46.6 Å². The molecule has 1 aliphatic rings. The van der Waals surface area contributed by atoms with Crippen molar-refractivity contribution in [2.24, 2.45) is 5.73 Å². The molecule has 2 N–H and O–H groups in total. The minimum Gasteiger partial charge on any atom is -0.376 e. The summed E-state index contributed by atoms with van der Waals surface area (Å²) < 4.78 is 12.9. The van der Waals surface area contributed by atoms with Crippen LogP contribution < -0.4 is 5.73 Å². The Bertz CT molecular complexity index is 620. The highest BCUT2D eigenvalue weighted by Gasteiger charge is 2.19. The average Bonchev–Trinajstić information content (AvgIpc) is 3.11. The van der Waals surface area contributed by atoms with Crippen LogP contribution in [-0.2, 0) is 33.7 Å². The fourth-order valence-corrected chi connectivity index (χ4v) is 3.01. The van der Waals surface area contributed by atoms with Gasteiger partial charge in [-0.15, -0.1) is 0 Å². The lowest BCUT2D eigenvalue weighted by molar-refractivity contribution is -0.117. The van der Waals surface area contributed by atoms with Crippen molar-refractivity contribution in [2.75, 3.05) is 19.8 Å². The van der Waals surface area contributed by atoms with E-state index in [-0.39, 0.29) is 12.5 Å². The molecule has 1 saturated heterocycles. The number of nitrogens with two attached hydrogens (primary N) is 1. The van der Waals surface area contributed by atoms with Gasteiger partial charge in [-0.25, -0.2) is 9.67 Å². The molecule has 7 nitrogen and oxygen atoms in total. The van der Waals surface area contributed by atoms with Crippen molar-refractivity contribution in [2.45, 2.75) is 25.5 Å². The summed E-state index contributed by atoms with van der Waals surface area (Å²) in [6.07, 6.45) is 0.673. The van der Waals surface area contributed by atoms with Gasteiger partial charge in [-0.1, -0.05) is 0 Å². The highest BCUT2D eigenvalue weighted by Crippen LogP contribution is 2.13. The topological polar surface area (TPSA) is 92.3 Å². The Kier molecular flexibility index (Phi) is 4.81. The van der Waals surface area contributed by atoms with Crippen molar-refractivity contribution in [3.05, 3.63) is 34.0 Å². The summed E-state index contributed by atoms with van der Waals surface area (Å²) in [7, 11) is 0. The molecule has 8 heteroatoms. The normalized spacial score (nSPS) is 18.5. The quantitative estimate of drug-likeness (QED) is 0.830. The Balaban J connectivity index is 1.78. The van der Waals surface area contributed by atoms with Gasteiger partial charge in [0.15, 0.2) is 5.82 Å². The molecule has 0 spiro atoms. The molecule has 1 fully saturated rings. The molecule has 22 heavy (non-hydrogen) atoms. The molecule has 3 heterocycles. The van der Waals surface area contributed by atoms with Gasteiger partial charge in [0.2, 0.25) is 5.91 Å². The molecule has 0 aromatic carbocycles. The van der Waals surface area contributed by atoms with Crippen LogP contribution in [0.3, 0.4) is 0 Å². The number of thiophene rings is 1. The fraction of sp³-hybridized carbons (Fsp3) is 0.500. The first-order valence-corrected chi connectivity index (χ1v) is 8.06. The van der Waals surface area contributed by atoms with E-state index < -0.39 is 5.91 Å². The van der Waals surface area contributed by atoms with Crippen molar-refractivity contribution in [1.29, 1.82) is 0 Å².